The fourth-order valence-electron chi connectivity index (χ4n) is 4.00. The lowest BCUT2D eigenvalue weighted by Gasteiger charge is -2.19. The molecule has 0 saturated heterocycles. The van der Waals surface area contributed by atoms with E-state index in [0.29, 0.717) is 0 Å². The molecule has 3 rings (SSSR count). The summed E-state index contributed by atoms with van der Waals surface area (Å²) in [4.78, 5) is 0. The maximum Gasteiger partial charge on any atom is 0.0502 e. The van der Waals surface area contributed by atoms with Gasteiger partial charge in [-0.2, -0.15) is 0 Å². The molecule has 0 N–H and O–H groups in total. The summed E-state index contributed by atoms with van der Waals surface area (Å²) >= 11 is 7.35. The highest BCUT2D eigenvalue weighted by Gasteiger charge is 2.16. The number of aromatic nitrogens is 1. The van der Waals surface area contributed by atoms with Gasteiger partial charge in [0, 0.05) is 26.3 Å². The molecule has 1 nitrogen and oxygen atoms in total. The third kappa shape index (κ3) is 4.54. The van der Waals surface area contributed by atoms with Crippen molar-refractivity contribution in [1.29, 1.82) is 0 Å². The fourth-order valence-corrected chi connectivity index (χ4v) is 4.70. The van der Waals surface area contributed by atoms with Gasteiger partial charge >= 0.3 is 0 Å². The Bertz CT molecular complexity index is 806. The third-order valence-electron chi connectivity index (χ3n) is 5.41. The Kier molecular flexibility index (Phi) is 7.22. The first-order valence-electron chi connectivity index (χ1n) is 10.0. The molecular weight excluding hydrogens is 450 g/mol. The zero-order valence-corrected chi connectivity index (χ0v) is 19.1. The monoisotopic (exact) mass is 477 g/mol. The van der Waals surface area contributed by atoms with Gasteiger partial charge in [0.15, 0.2) is 0 Å². The molecule has 0 radical (unpaired) electrons. The highest BCUT2D eigenvalue weighted by Crippen LogP contribution is 2.34. The number of nitrogens with zero attached hydrogens (tertiary/aromatic N) is 1. The summed E-state index contributed by atoms with van der Waals surface area (Å²) in [6.07, 6.45) is 9.31. The van der Waals surface area contributed by atoms with Crippen molar-refractivity contribution in [3.63, 3.8) is 0 Å². The van der Waals surface area contributed by atoms with Gasteiger partial charge < -0.3 is 4.57 Å². The van der Waals surface area contributed by atoms with Crippen LogP contribution in [0.15, 0.2) is 45.3 Å². The Morgan fingerprint density at radius 2 is 1.31 bits per heavy atom. The molecule has 0 fully saturated rings. The highest BCUT2D eigenvalue weighted by molar-refractivity contribution is 9.10. The van der Waals surface area contributed by atoms with Crippen LogP contribution < -0.4 is 0 Å². The van der Waals surface area contributed by atoms with Gasteiger partial charge in [-0.25, -0.2) is 0 Å². The second-order valence-electron chi connectivity index (χ2n) is 7.44. The van der Waals surface area contributed by atoms with E-state index in [1.54, 1.807) is 0 Å². The molecule has 0 aliphatic carbocycles. The Labute approximate surface area is 174 Å². The van der Waals surface area contributed by atoms with E-state index in [9.17, 15) is 0 Å². The Morgan fingerprint density at radius 3 is 1.85 bits per heavy atom. The fraction of sp³-hybridized carbons (Fsp3) is 0.478. The molecule has 0 spiro atoms. The quantitative estimate of drug-likeness (QED) is 0.271. The van der Waals surface area contributed by atoms with Crippen molar-refractivity contribution in [3.05, 3.63) is 45.3 Å². The highest BCUT2D eigenvalue weighted by atomic mass is 79.9. The number of unbranched alkanes of at least 4 members (excludes halogenated alkanes) is 3. The van der Waals surface area contributed by atoms with Crippen LogP contribution in [0.2, 0.25) is 0 Å². The lowest BCUT2D eigenvalue weighted by Crippen LogP contribution is -2.11. The molecule has 1 atom stereocenters. The minimum Gasteiger partial charge on any atom is -0.340 e. The van der Waals surface area contributed by atoms with E-state index in [-0.39, 0.29) is 0 Å². The van der Waals surface area contributed by atoms with Gasteiger partial charge in [0.2, 0.25) is 0 Å². The van der Waals surface area contributed by atoms with E-state index in [4.69, 9.17) is 0 Å². The van der Waals surface area contributed by atoms with Crippen molar-refractivity contribution in [2.24, 2.45) is 5.92 Å². The molecule has 2 aromatic carbocycles. The molecule has 1 heterocycles. The van der Waals surface area contributed by atoms with E-state index in [2.05, 4.69) is 86.7 Å². The van der Waals surface area contributed by atoms with Crippen LogP contribution in [-0.4, -0.2) is 4.57 Å². The molecule has 3 aromatic rings. The van der Waals surface area contributed by atoms with Crippen LogP contribution in [0.1, 0.15) is 58.8 Å². The number of hydrogen-bond acceptors (Lipinski definition) is 0. The SMILES string of the molecule is CCCCCC(CCCC)Cn1c2cc(Br)ccc2c2ccc(Br)cc21. The maximum absolute atomic E-state index is 3.68. The number of halogens is 2. The third-order valence-corrected chi connectivity index (χ3v) is 6.40. The number of fused-ring (bicyclic) bond motifs is 3. The predicted molar refractivity (Wildman–Crippen MR) is 122 cm³/mol. The molecule has 0 aliphatic rings. The second-order valence-corrected chi connectivity index (χ2v) is 9.27. The van der Waals surface area contributed by atoms with Crippen molar-refractivity contribution >= 4 is 53.7 Å². The number of hydrogen-bond donors (Lipinski definition) is 0. The maximum atomic E-state index is 3.68. The Morgan fingerprint density at radius 1 is 0.769 bits per heavy atom. The van der Waals surface area contributed by atoms with Crippen LogP contribution in [0.25, 0.3) is 21.8 Å². The van der Waals surface area contributed by atoms with Crippen molar-refractivity contribution in [2.45, 2.75) is 65.3 Å². The van der Waals surface area contributed by atoms with Crippen molar-refractivity contribution in [3.8, 4) is 0 Å². The summed E-state index contributed by atoms with van der Waals surface area (Å²) in [6, 6.07) is 13.4. The van der Waals surface area contributed by atoms with Crippen LogP contribution in [0.3, 0.4) is 0 Å². The molecule has 1 unspecified atom stereocenters. The van der Waals surface area contributed by atoms with E-state index < -0.39 is 0 Å². The van der Waals surface area contributed by atoms with Gasteiger partial charge in [0.25, 0.3) is 0 Å². The molecule has 0 bridgehead atoms. The standard InChI is InChI=1S/C23H29Br2N/c1-3-5-7-9-17(8-6-4-2)16-26-22-14-18(24)10-12-20(22)21-13-11-19(25)15-23(21)26/h10-15,17H,3-9,16H2,1-2H3. The lowest BCUT2D eigenvalue weighted by molar-refractivity contribution is 0.372. The molecule has 26 heavy (non-hydrogen) atoms. The molecule has 0 amide bonds. The Balaban J connectivity index is 2.02. The summed E-state index contributed by atoms with van der Waals surface area (Å²) in [7, 11) is 0. The molecule has 1 aromatic heterocycles. The zero-order valence-electron chi connectivity index (χ0n) is 15.9. The average molecular weight is 479 g/mol. The first kappa shape index (κ1) is 19.9. The predicted octanol–water partition coefficient (Wildman–Crippen LogP) is 8.71. The van der Waals surface area contributed by atoms with Crippen LogP contribution in [-0.2, 0) is 6.54 Å². The topological polar surface area (TPSA) is 4.93 Å². The van der Waals surface area contributed by atoms with Crippen molar-refractivity contribution in [1.82, 2.24) is 4.57 Å². The second kappa shape index (κ2) is 9.41. The van der Waals surface area contributed by atoms with Crippen LogP contribution >= 0.6 is 31.9 Å². The molecular formula is C23H29Br2N. The van der Waals surface area contributed by atoms with E-state index in [1.165, 1.54) is 66.8 Å². The van der Waals surface area contributed by atoms with E-state index in [0.717, 1.165) is 21.4 Å². The molecule has 0 saturated carbocycles. The lowest BCUT2D eigenvalue weighted by atomic mass is 9.95. The van der Waals surface area contributed by atoms with Gasteiger partial charge in [0.1, 0.15) is 0 Å². The zero-order chi connectivity index (χ0) is 18.5. The minimum absolute atomic E-state index is 0.762. The van der Waals surface area contributed by atoms with Crippen LogP contribution in [0.4, 0.5) is 0 Å². The Hall–Kier alpha value is -0.800. The molecule has 140 valence electrons. The summed E-state index contributed by atoms with van der Waals surface area (Å²) in [5.74, 6) is 0.762. The van der Waals surface area contributed by atoms with Gasteiger partial charge in [0.05, 0.1) is 11.0 Å². The van der Waals surface area contributed by atoms with Gasteiger partial charge in [-0.1, -0.05) is 89.9 Å². The normalized spacial score (nSPS) is 12.9. The largest absolute Gasteiger partial charge is 0.340 e. The number of benzene rings is 2. The summed E-state index contributed by atoms with van der Waals surface area (Å²) < 4.78 is 4.88. The first-order chi connectivity index (χ1) is 12.6. The summed E-state index contributed by atoms with van der Waals surface area (Å²) in [5.41, 5.74) is 2.70. The van der Waals surface area contributed by atoms with Crippen LogP contribution in [0, 0.1) is 5.92 Å². The van der Waals surface area contributed by atoms with E-state index >= 15 is 0 Å². The number of rotatable bonds is 9. The molecule has 0 aliphatic heterocycles. The average Bonchev–Trinajstić information content (AvgIpc) is 2.92. The summed E-state index contributed by atoms with van der Waals surface area (Å²) in [6.45, 7) is 5.72. The first-order valence-corrected chi connectivity index (χ1v) is 11.6. The van der Waals surface area contributed by atoms with Gasteiger partial charge in [-0.15, -0.1) is 0 Å². The van der Waals surface area contributed by atoms with Crippen molar-refractivity contribution < 1.29 is 0 Å². The van der Waals surface area contributed by atoms with Crippen molar-refractivity contribution in [2.75, 3.05) is 0 Å². The van der Waals surface area contributed by atoms with E-state index in [1.807, 2.05) is 0 Å². The van der Waals surface area contributed by atoms with Gasteiger partial charge in [-0.3, -0.25) is 0 Å². The van der Waals surface area contributed by atoms with Gasteiger partial charge in [-0.05, 0) is 43.0 Å². The van der Waals surface area contributed by atoms with Crippen LogP contribution in [0.5, 0.6) is 0 Å². The summed E-state index contributed by atoms with van der Waals surface area (Å²) in [5, 5.41) is 2.72. The molecule has 3 heteroatoms. The smallest absolute Gasteiger partial charge is 0.0502 e. The minimum atomic E-state index is 0.762.